The molecular formula is C40H35O17+. The fourth-order valence-electron chi connectivity index (χ4n) is 7.04. The van der Waals surface area contributed by atoms with Crippen LogP contribution in [0.1, 0.15) is 28.6 Å². The molecular weight excluding hydrogens is 752 g/mol. The molecule has 0 spiro atoms. The van der Waals surface area contributed by atoms with Gasteiger partial charge in [0.2, 0.25) is 6.29 Å². The van der Waals surface area contributed by atoms with E-state index in [1.165, 1.54) is 60.7 Å². The lowest BCUT2D eigenvalue weighted by molar-refractivity contribution is -0.277. The van der Waals surface area contributed by atoms with Crippen LogP contribution in [0.5, 0.6) is 46.0 Å². The first-order valence-corrected chi connectivity index (χ1v) is 17.4. The highest BCUT2D eigenvalue weighted by atomic mass is 16.7. The Balaban J connectivity index is 1.29. The van der Waals surface area contributed by atoms with Crippen molar-refractivity contribution < 1.29 is 84.0 Å². The van der Waals surface area contributed by atoms with Crippen molar-refractivity contribution in [2.75, 3.05) is 6.61 Å². The highest BCUT2D eigenvalue weighted by molar-refractivity contribution is 6.10. The number of aliphatic hydroxyl groups is 5. The number of phenolic OH excluding ortho intramolecular Hbond substituents is 6. The van der Waals surface area contributed by atoms with Crippen LogP contribution >= 0.6 is 0 Å². The maximum atomic E-state index is 11.1. The average Bonchev–Trinajstić information content (AvgIpc) is 3.17. The van der Waals surface area contributed by atoms with Crippen LogP contribution in [0.4, 0.5) is 0 Å². The summed E-state index contributed by atoms with van der Waals surface area (Å²) in [5.41, 5.74) is 0.417. The van der Waals surface area contributed by atoms with E-state index in [2.05, 4.69) is 0 Å². The maximum Gasteiger partial charge on any atom is 0.347 e. The molecule has 57 heavy (non-hydrogen) atoms. The molecule has 2 aliphatic heterocycles. The quantitative estimate of drug-likeness (QED) is 0.0818. The van der Waals surface area contributed by atoms with Crippen molar-refractivity contribution in [3.8, 4) is 57.3 Å². The van der Waals surface area contributed by atoms with Gasteiger partial charge in [-0.15, -0.1) is 0 Å². The highest BCUT2D eigenvalue weighted by Gasteiger charge is 2.45. The fourth-order valence-corrected chi connectivity index (χ4v) is 7.04. The SMILES string of the molecule is OC[C@H]1O[C@@H](Oc2c(-c3ccc(O)c(O)c3)oc3cc(=[OH+])cc4oc(/C=C/c5c(O)cc(O)c6c5OC(c5ccc(O)c(O)c5)C(O)C6)cc2c43)[C@H](O)[C@@H](O)[C@@H]1O. The molecule has 1 fully saturated rings. The van der Waals surface area contributed by atoms with Crippen molar-refractivity contribution in [2.24, 2.45) is 0 Å². The Labute approximate surface area is 319 Å². The summed E-state index contributed by atoms with van der Waals surface area (Å²) in [6, 6.07) is 12.6. The third kappa shape index (κ3) is 6.57. The molecule has 0 amide bonds. The zero-order valence-electron chi connectivity index (χ0n) is 29.3. The normalized spacial score (nSPS) is 23.5. The first-order valence-electron chi connectivity index (χ1n) is 17.4. The summed E-state index contributed by atoms with van der Waals surface area (Å²) in [5, 5.41) is 115. The van der Waals surface area contributed by atoms with Gasteiger partial charge >= 0.3 is 5.43 Å². The standard InChI is InChI=1S/C40H34O17/c41-14-31-33(50)34(51)35(52)40(55-31)57-39-21-11-18(53-29-9-17(42)10-30(32(21)29)54-37(39)16-2-6-23(44)27(48)8-16)3-4-19-24(45)13-25(46)20-12-28(49)36(56-38(19)20)15-1-5-22(43)26(47)7-15/h1-11,13,28,31,33-36,40-41,43-52H,12,14H2/p+1/b4-3+/t28?,31-,33-,34+,35-,36?,40+/m1/s1. The van der Waals surface area contributed by atoms with E-state index in [1.54, 1.807) is 0 Å². The Hall–Kier alpha value is -6.47. The number of rotatable bonds is 7. The van der Waals surface area contributed by atoms with Crippen molar-refractivity contribution in [3.63, 3.8) is 0 Å². The predicted molar refractivity (Wildman–Crippen MR) is 196 cm³/mol. The van der Waals surface area contributed by atoms with E-state index in [9.17, 15) is 61.0 Å². The topological polar surface area (TPSA) is 298 Å². The summed E-state index contributed by atoms with van der Waals surface area (Å²) in [5.74, 6) is -2.91. The summed E-state index contributed by atoms with van der Waals surface area (Å²) in [7, 11) is 0. The van der Waals surface area contributed by atoms with E-state index in [1.807, 2.05) is 0 Å². The van der Waals surface area contributed by atoms with E-state index < -0.39 is 78.3 Å². The van der Waals surface area contributed by atoms with Crippen LogP contribution in [0.25, 0.3) is 45.4 Å². The summed E-state index contributed by atoms with van der Waals surface area (Å²) in [4.78, 5) is 10.7. The molecule has 2 aromatic heterocycles. The minimum atomic E-state index is -1.86. The number of hydrogen-bond acceptors (Lipinski definition) is 16. The zero-order chi connectivity index (χ0) is 40.4. The van der Waals surface area contributed by atoms with E-state index in [0.717, 1.165) is 12.1 Å². The number of phenols is 6. The van der Waals surface area contributed by atoms with Gasteiger partial charge in [-0.3, -0.25) is 4.79 Å². The fraction of sp³-hybridized carbons (Fsp3) is 0.225. The molecule has 17 heteroatoms. The van der Waals surface area contributed by atoms with Crippen molar-refractivity contribution in [1.29, 1.82) is 0 Å². The van der Waals surface area contributed by atoms with Gasteiger partial charge in [-0.25, -0.2) is 0 Å². The number of aromatic hydroxyl groups is 6. The second-order valence-corrected chi connectivity index (χ2v) is 13.7. The van der Waals surface area contributed by atoms with Gasteiger partial charge in [-0.2, -0.15) is 0 Å². The molecule has 2 unspecified atom stereocenters. The van der Waals surface area contributed by atoms with Crippen LogP contribution < -0.4 is 14.9 Å². The Kier molecular flexibility index (Phi) is 9.35. The number of ether oxygens (including phenoxy) is 3. The van der Waals surface area contributed by atoms with Gasteiger partial charge in [0, 0.05) is 29.0 Å². The van der Waals surface area contributed by atoms with Crippen LogP contribution in [0.2, 0.25) is 0 Å². The molecule has 7 atom stereocenters. The number of fused-ring (bicyclic) bond motifs is 1. The predicted octanol–water partition coefficient (Wildman–Crippen LogP) is 2.47. The molecule has 0 radical (unpaired) electrons. The zero-order valence-corrected chi connectivity index (χ0v) is 29.3. The van der Waals surface area contributed by atoms with Crippen LogP contribution in [-0.4, -0.2) is 104 Å². The van der Waals surface area contributed by atoms with E-state index >= 15 is 0 Å². The number of aliphatic hydroxyl groups excluding tert-OH is 5. The maximum absolute atomic E-state index is 11.1. The molecule has 4 heterocycles. The Morgan fingerprint density at radius 2 is 1.42 bits per heavy atom. The van der Waals surface area contributed by atoms with E-state index in [4.69, 9.17) is 23.0 Å². The minimum Gasteiger partial charge on any atom is -0.507 e. The van der Waals surface area contributed by atoms with Gasteiger partial charge < -0.3 is 79.2 Å². The lowest BCUT2D eigenvalue weighted by Gasteiger charge is -2.39. The Bertz CT molecular complexity index is 2620. The van der Waals surface area contributed by atoms with E-state index in [0.29, 0.717) is 5.56 Å². The van der Waals surface area contributed by atoms with Gasteiger partial charge in [0.25, 0.3) is 0 Å². The summed E-state index contributed by atoms with van der Waals surface area (Å²) < 4.78 is 30.3. The smallest absolute Gasteiger partial charge is 0.347 e. The number of hydrogen-bond donors (Lipinski definition) is 11. The molecule has 6 aromatic rings. The molecule has 0 aliphatic carbocycles. The van der Waals surface area contributed by atoms with Crippen molar-refractivity contribution in [1.82, 2.24) is 0 Å². The van der Waals surface area contributed by atoms with Crippen molar-refractivity contribution in [2.45, 2.75) is 49.3 Å². The van der Waals surface area contributed by atoms with Gasteiger partial charge in [0.15, 0.2) is 34.5 Å². The highest BCUT2D eigenvalue weighted by Crippen LogP contribution is 2.48. The monoisotopic (exact) mass is 787 g/mol. The van der Waals surface area contributed by atoms with Gasteiger partial charge in [0.05, 0.1) is 35.8 Å². The second kappa shape index (κ2) is 14.2. The van der Waals surface area contributed by atoms with Gasteiger partial charge in [-0.1, -0.05) is 6.07 Å². The van der Waals surface area contributed by atoms with Gasteiger partial charge in [0.1, 0.15) is 64.7 Å². The third-order valence-electron chi connectivity index (χ3n) is 9.94. The molecule has 0 saturated carbocycles. The lowest BCUT2D eigenvalue weighted by Crippen LogP contribution is -2.60. The molecule has 12 N–H and O–H groups in total. The summed E-state index contributed by atoms with van der Waals surface area (Å²) >= 11 is 0. The summed E-state index contributed by atoms with van der Waals surface area (Å²) in [6.07, 6.45) is -8.08. The van der Waals surface area contributed by atoms with Gasteiger partial charge in [-0.05, 0) is 54.1 Å². The van der Waals surface area contributed by atoms with Crippen LogP contribution in [-0.2, 0) is 11.2 Å². The molecule has 17 nitrogen and oxygen atoms in total. The average molecular weight is 788 g/mol. The number of benzene rings is 4. The minimum absolute atomic E-state index is 0.0111. The van der Waals surface area contributed by atoms with Crippen LogP contribution in [0, 0.1) is 0 Å². The second-order valence-electron chi connectivity index (χ2n) is 13.7. The van der Waals surface area contributed by atoms with Crippen LogP contribution in [0.15, 0.2) is 69.5 Å². The van der Waals surface area contributed by atoms with E-state index in [-0.39, 0.29) is 79.2 Å². The largest absolute Gasteiger partial charge is 0.507 e. The Morgan fingerprint density at radius 3 is 2.12 bits per heavy atom. The molecule has 8 rings (SSSR count). The lowest BCUT2D eigenvalue weighted by atomic mass is 9.92. The molecule has 4 aromatic carbocycles. The van der Waals surface area contributed by atoms with Crippen molar-refractivity contribution >= 4 is 34.1 Å². The molecule has 2 aliphatic rings. The molecule has 0 bridgehead atoms. The van der Waals surface area contributed by atoms with Crippen LogP contribution in [0.3, 0.4) is 0 Å². The first kappa shape index (κ1) is 37.5. The third-order valence-corrected chi connectivity index (χ3v) is 9.94. The van der Waals surface area contributed by atoms with Crippen molar-refractivity contribution in [3.05, 3.63) is 88.5 Å². The molecule has 1 saturated heterocycles. The molecule has 296 valence electrons. The Morgan fingerprint density at radius 1 is 0.719 bits per heavy atom. The first-order chi connectivity index (χ1) is 27.2. The summed E-state index contributed by atoms with van der Waals surface area (Å²) in [6.45, 7) is -0.751.